The normalized spacial score (nSPS) is 18.1. The van der Waals surface area contributed by atoms with Crippen LogP contribution < -0.4 is 5.32 Å². The minimum atomic E-state index is -0.118. The van der Waals surface area contributed by atoms with Gasteiger partial charge in [-0.2, -0.15) is 0 Å². The highest BCUT2D eigenvalue weighted by Gasteiger charge is 2.28. The lowest BCUT2D eigenvalue weighted by atomic mass is 10.0. The van der Waals surface area contributed by atoms with Crippen LogP contribution in [0.25, 0.3) is 0 Å². The number of halogens is 1. The number of hydrogen-bond acceptors (Lipinski definition) is 3. The fourth-order valence-corrected chi connectivity index (χ4v) is 2.78. The zero-order chi connectivity index (χ0) is 15.5. The highest BCUT2D eigenvalue weighted by Crippen LogP contribution is 2.16. The molecule has 4 heteroatoms. The fraction of sp³-hybridized carbons (Fsp3) is 0.647. The molecular weight excluding hydrogens is 265 g/mol. The van der Waals surface area contributed by atoms with Crippen molar-refractivity contribution >= 4 is 0 Å². The number of benzene rings is 1. The summed E-state index contributed by atoms with van der Waals surface area (Å²) in [5, 5.41) is 3.48. The van der Waals surface area contributed by atoms with E-state index in [0.29, 0.717) is 12.1 Å². The van der Waals surface area contributed by atoms with Crippen molar-refractivity contribution in [1.82, 2.24) is 15.1 Å². The van der Waals surface area contributed by atoms with Crippen LogP contribution in [0.15, 0.2) is 18.2 Å². The molecular formula is C17H28FN3. The summed E-state index contributed by atoms with van der Waals surface area (Å²) in [4.78, 5) is 4.91. The Morgan fingerprint density at radius 2 is 1.86 bits per heavy atom. The summed E-state index contributed by atoms with van der Waals surface area (Å²) in [6.07, 6.45) is 0. The Labute approximate surface area is 128 Å². The molecule has 0 saturated carbocycles. The van der Waals surface area contributed by atoms with E-state index in [1.165, 1.54) is 0 Å². The summed E-state index contributed by atoms with van der Waals surface area (Å²) in [7, 11) is 2.18. The zero-order valence-electron chi connectivity index (χ0n) is 13.7. The number of rotatable bonds is 5. The number of piperazine rings is 1. The summed E-state index contributed by atoms with van der Waals surface area (Å²) < 4.78 is 13.5. The van der Waals surface area contributed by atoms with E-state index in [-0.39, 0.29) is 11.4 Å². The fourth-order valence-electron chi connectivity index (χ4n) is 2.78. The molecule has 0 aliphatic carbocycles. The number of nitrogens with zero attached hydrogens (tertiary/aromatic N) is 2. The number of aryl methyl sites for hydroxylation is 1. The van der Waals surface area contributed by atoms with Crippen LogP contribution in [0, 0.1) is 12.7 Å². The molecule has 0 atom stereocenters. The van der Waals surface area contributed by atoms with Gasteiger partial charge in [-0.05, 0) is 45.0 Å². The van der Waals surface area contributed by atoms with E-state index in [4.69, 9.17) is 0 Å². The van der Waals surface area contributed by atoms with Crippen molar-refractivity contribution in [2.75, 3.05) is 39.8 Å². The van der Waals surface area contributed by atoms with Gasteiger partial charge in [0.1, 0.15) is 5.82 Å². The maximum Gasteiger partial charge on any atom is 0.126 e. The Bertz CT molecular complexity index is 465. The van der Waals surface area contributed by atoms with E-state index in [0.717, 1.165) is 38.3 Å². The first-order valence-electron chi connectivity index (χ1n) is 7.78. The minimum Gasteiger partial charge on any atom is -0.311 e. The number of likely N-dealkylation sites (N-methyl/N-ethyl adjacent to an activating group) is 1. The first kappa shape index (κ1) is 16.4. The molecule has 0 aromatic heterocycles. The van der Waals surface area contributed by atoms with Gasteiger partial charge in [-0.3, -0.25) is 4.90 Å². The van der Waals surface area contributed by atoms with E-state index in [1.54, 1.807) is 13.0 Å². The molecule has 1 N–H and O–H groups in total. The maximum atomic E-state index is 13.5. The molecule has 0 unspecified atom stereocenters. The molecule has 3 nitrogen and oxygen atoms in total. The van der Waals surface area contributed by atoms with Gasteiger partial charge in [0, 0.05) is 44.8 Å². The van der Waals surface area contributed by atoms with Gasteiger partial charge in [0.15, 0.2) is 0 Å². The molecule has 1 aromatic rings. The van der Waals surface area contributed by atoms with Crippen molar-refractivity contribution in [3.63, 3.8) is 0 Å². The summed E-state index contributed by atoms with van der Waals surface area (Å²) >= 11 is 0. The topological polar surface area (TPSA) is 18.5 Å². The van der Waals surface area contributed by atoms with Crippen LogP contribution in [-0.2, 0) is 6.54 Å². The van der Waals surface area contributed by atoms with E-state index >= 15 is 0 Å². The molecule has 1 aliphatic heterocycles. The van der Waals surface area contributed by atoms with Crippen LogP contribution in [-0.4, -0.2) is 55.1 Å². The first-order chi connectivity index (χ1) is 9.88. The van der Waals surface area contributed by atoms with Crippen LogP contribution in [0.2, 0.25) is 0 Å². The lowest BCUT2D eigenvalue weighted by Crippen LogP contribution is -2.57. The Hall–Kier alpha value is -0.970. The van der Waals surface area contributed by atoms with Crippen molar-refractivity contribution in [1.29, 1.82) is 0 Å². The molecule has 0 amide bonds. The minimum absolute atomic E-state index is 0.118. The summed E-state index contributed by atoms with van der Waals surface area (Å²) in [5.74, 6) is -0.118. The van der Waals surface area contributed by atoms with E-state index in [1.807, 2.05) is 12.1 Å². The summed E-state index contributed by atoms with van der Waals surface area (Å²) in [6, 6.07) is 5.47. The molecule has 0 radical (unpaired) electrons. The number of hydrogen-bond donors (Lipinski definition) is 1. The predicted octanol–water partition coefficient (Wildman–Crippen LogP) is 2.25. The second kappa shape index (κ2) is 6.86. The van der Waals surface area contributed by atoms with Gasteiger partial charge in [-0.15, -0.1) is 0 Å². The quantitative estimate of drug-likeness (QED) is 0.898. The van der Waals surface area contributed by atoms with Gasteiger partial charge >= 0.3 is 0 Å². The lowest BCUT2D eigenvalue weighted by molar-refractivity contribution is 0.0618. The second-order valence-electron chi connectivity index (χ2n) is 6.79. The van der Waals surface area contributed by atoms with E-state index in [2.05, 4.69) is 36.0 Å². The highest BCUT2D eigenvalue weighted by atomic mass is 19.1. The molecule has 1 saturated heterocycles. The third kappa shape index (κ3) is 4.50. The van der Waals surface area contributed by atoms with Crippen molar-refractivity contribution in [3.05, 3.63) is 35.1 Å². The summed E-state index contributed by atoms with van der Waals surface area (Å²) in [5.41, 5.74) is 1.84. The lowest BCUT2D eigenvalue weighted by Gasteiger charge is -2.43. The average molecular weight is 293 g/mol. The van der Waals surface area contributed by atoms with Crippen LogP contribution in [0.5, 0.6) is 0 Å². The first-order valence-corrected chi connectivity index (χ1v) is 7.78. The maximum absolute atomic E-state index is 13.5. The van der Waals surface area contributed by atoms with Gasteiger partial charge in [-0.1, -0.05) is 12.1 Å². The SMILES string of the molecule is Cc1ccc(CNCC(C)(C)N2CCN(C)CC2)cc1F. The van der Waals surface area contributed by atoms with Crippen molar-refractivity contribution in [2.45, 2.75) is 32.9 Å². The van der Waals surface area contributed by atoms with E-state index in [9.17, 15) is 4.39 Å². The third-order valence-corrected chi connectivity index (χ3v) is 4.48. The molecule has 1 aromatic carbocycles. The smallest absolute Gasteiger partial charge is 0.126 e. The highest BCUT2D eigenvalue weighted by molar-refractivity contribution is 5.23. The molecule has 1 fully saturated rings. The molecule has 1 heterocycles. The molecule has 21 heavy (non-hydrogen) atoms. The largest absolute Gasteiger partial charge is 0.311 e. The van der Waals surface area contributed by atoms with Gasteiger partial charge in [0.25, 0.3) is 0 Å². The Kier molecular flexibility index (Phi) is 5.36. The summed E-state index contributed by atoms with van der Waals surface area (Å²) in [6.45, 7) is 12.5. The molecule has 118 valence electrons. The van der Waals surface area contributed by atoms with Crippen molar-refractivity contribution in [2.24, 2.45) is 0 Å². The average Bonchev–Trinajstić information content (AvgIpc) is 2.43. The third-order valence-electron chi connectivity index (χ3n) is 4.48. The van der Waals surface area contributed by atoms with Gasteiger partial charge in [-0.25, -0.2) is 4.39 Å². The van der Waals surface area contributed by atoms with Crippen LogP contribution in [0.4, 0.5) is 4.39 Å². The molecule has 1 aliphatic rings. The molecule has 0 spiro atoms. The van der Waals surface area contributed by atoms with Crippen LogP contribution in [0.3, 0.4) is 0 Å². The monoisotopic (exact) mass is 293 g/mol. The van der Waals surface area contributed by atoms with Crippen molar-refractivity contribution < 1.29 is 4.39 Å². The van der Waals surface area contributed by atoms with Gasteiger partial charge in [0.05, 0.1) is 0 Å². The van der Waals surface area contributed by atoms with Crippen LogP contribution in [0.1, 0.15) is 25.0 Å². The number of nitrogens with one attached hydrogen (secondary N) is 1. The van der Waals surface area contributed by atoms with Gasteiger partial charge in [0.2, 0.25) is 0 Å². The van der Waals surface area contributed by atoms with Crippen LogP contribution >= 0.6 is 0 Å². The molecule has 2 rings (SSSR count). The molecule has 0 bridgehead atoms. The Morgan fingerprint density at radius 1 is 1.19 bits per heavy atom. The van der Waals surface area contributed by atoms with E-state index < -0.39 is 0 Å². The predicted molar refractivity (Wildman–Crippen MR) is 86.0 cm³/mol. The standard InChI is InChI=1S/C17H28FN3/c1-14-5-6-15(11-16(14)18)12-19-13-17(2,3)21-9-7-20(4)8-10-21/h5-6,11,19H,7-10,12-13H2,1-4H3. The second-order valence-corrected chi connectivity index (χ2v) is 6.79. The Balaban J connectivity index is 1.82. The van der Waals surface area contributed by atoms with Gasteiger partial charge < -0.3 is 10.2 Å². The Morgan fingerprint density at radius 3 is 2.48 bits per heavy atom. The van der Waals surface area contributed by atoms with Crippen molar-refractivity contribution in [3.8, 4) is 0 Å². The zero-order valence-corrected chi connectivity index (χ0v) is 13.7.